The predicted octanol–water partition coefficient (Wildman–Crippen LogP) is -0.342. The Morgan fingerprint density at radius 1 is 0.707 bits per heavy atom. The lowest BCUT2D eigenvalue weighted by Crippen LogP contribution is -2.68. The van der Waals surface area contributed by atoms with Gasteiger partial charge in [0, 0.05) is 6.92 Å². The van der Waals surface area contributed by atoms with E-state index in [1.165, 1.54) is 0 Å². The first-order valence-corrected chi connectivity index (χ1v) is 20.2. The largest absolute Gasteiger partial charge is 0.479 e. The monoisotopic (exact) mass is 835 g/mol. The van der Waals surface area contributed by atoms with E-state index in [4.69, 9.17) is 33.2 Å². The van der Waals surface area contributed by atoms with E-state index in [0.717, 1.165) is 39.0 Å². The highest BCUT2D eigenvalue weighted by Crippen LogP contribution is 2.40. The van der Waals surface area contributed by atoms with Crippen molar-refractivity contribution in [3.05, 3.63) is 0 Å². The molecular formula is C39H65NO18. The van der Waals surface area contributed by atoms with Crippen molar-refractivity contribution >= 4 is 23.8 Å². The molecule has 0 unspecified atom stereocenters. The fourth-order valence-corrected chi connectivity index (χ4v) is 8.09. The quantitative estimate of drug-likeness (QED) is 0.104. The number of ether oxygens (including phenoxy) is 7. The molecule has 0 aromatic heterocycles. The van der Waals surface area contributed by atoms with Crippen molar-refractivity contribution in [3.63, 3.8) is 0 Å². The molecule has 2 saturated carbocycles. The van der Waals surface area contributed by atoms with Crippen molar-refractivity contribution < 1.29 is 88.1 Å². The number of hydrogen-bond acceptors (Lipinski definition) is 17. The maximum atomic E-state index is 13.9. The first-order valence-electron chi connectivity index (χ1n) is 20.2. The molecule has 8 N–H and O–H groups in total. The molecule has 4 rings (SSSR count). The van der Waals surface area contributed by atoms with E-state index in [0.29, 0.717) is 0 Å². The number of carboxylic acids is 1. The van der Waals surface area contributed by atoms with Crippen LogP contribution in [0.1, 0.15) is 99.8 Å². The van der Waals surface area contributed by atoms with Gasteiger partial charge in [-0.3, -0.25) is 14.4 Å². The van der Waals surface area contributed by atoms with Crippen LogP contribution in [0.2, 0.25) is 0 Å². The van der Waals surface area contributed by atoms with E-state index < -0.39 is 140 Å². The van der Waals surface area contributed by atoms with E-state index in [1.807, 2.05) is 0 Å². The van der Waals surface area contributed by atoms with Crippen LogP contribution in [0.25, 0.3) is 0 Å². The van der Waals surface area contributed by atoms with Crippen molar-refractivity contribution in [2.45, 2.75) is 191 Å². The van der Waals surface area contributed by atoms with Gasteiger partial charge in [0.05, 0.1) is 37.3 Å². The normalized spacial score (nSPS) is 37.1. The van der Waals surface area contributed by atoms with Crippen LogP contribution < -0.4 is 5.32 Å². The topological polar surface area (TPSA) is 287 Å². The molecule has 2 aliphatic heterocycles. The van der Waals surface area contributed by atoms with E-state index in [9.17, 15) is 54.9 Å². The lowest BCUT2D eigenvalue weighted by Gasteiger charge is -2.49. The van der Waals surface area contributed by atoms with Crippen molar-refractivity contribution in [2.24, 2.45) is 17.8 Å². The molecule has 0 aromatic rings. The minimum absolute atomic E-state index is 0.0620. The van der Waals surface area contributed by atoms with Crippen molar-refractivity contribution in [3.8, 4) is 0 Å². The molecule has 0 bridgehead atoms. The molecule has 15 atom stereocenters. The molecule has 19 heteroatoms. The Morgan fingerprint density at radius 2 is 1.22 bits per heavy atom. The summed E-state index contributed by atoms with van der Waals surface area (Å²) in [5.74, 6) is -5.73. The first-order chi connectivity index (χ1) is 27.0. The molecule has 2 saturated heterocycles. The SMILES string of the molecule is CC(=O)N[C@@H]1[C@H](O[C@H]2C[C@H](C(=O)OC(C)(C)C)[C@@H](C(=O)OC(C)(C)C)C[C@H]2O[C@H](CC2CCCCC2)C(=O)O)O[C@@H](CO)[C@H](O)[C@@H]1O[C@@H]1O[C@@H](CO)[C@H](O)[C@H](O)[C@@H]1O. The smallest absolute Gasteiger partial charge is 0.332 e. The van der Waals surface area contributed by atoms with E-state index in [2.05, 4.69) is 5.32 Å². The zero-order chi connectivity index (χ0) is 43.3. The molecule has 0 radical (unpaired) electrons. The summed E-state index contributed by atoms with van der Waals surface area (Å²) in [4.78, 5) is 53.2. The van der Waals surface area contributed by atoms with Crippen LogP contribution in [0.4, 0.5) is 0 Å². The van der Waals surface area contributed by atoms with Gasteiger partial charge in [-0.25, -0.2) is 4.79 Å². The molecule has 58 heavy (non-hydrogen) atoms. The maximum Gasteiger partial charge on any atom is 0.332 e. The van der Waals surface area contributed by atoms with Gasteiger partial charge in [0.2, 0.25) is 5.91 Å². The minimum atomic E-state index is -1.91. The molecular weight excluding hydrogens is 770 g/mol. The molecule has 19 nitrogen and oxygen atoms in total. The second-order valence-corrected chi connectivity index (χ2v) is 17.9. The number of amides is 1. The number of hydrogen-bond donors (Lipinski definition) is 8. The highest BCUT2D eigenvalue weighted by Gasteiger charge is 2.55. The van der Waals surface area contributed by atoms with E-state index in [-0.39, 0.29) is 25.2 Å². The number of carbonyl (C=O) groups is 4. The Balaban J connectivity index is 1.75. The summed E-state index contributed by atoms with van der Waals surface area (Å²) in [6, 6.07) is -1.48. The van der Waals surface area contributed by atoms with Gasteiger partial charge in [-0.1, -0.05) is 32.1 Å². The van der Waals surface area contributed by atoms with Gasteiger partial charge in [-0.2, -0.15) is 0 Å². The summed E-state index contributed by atoms with van der Waals surface area (Å²) in [6.07, 6.45) is -14.8. The molecule has 1 amide bonds. The molecule has 2 heterocycles. The van der Waals surface area contributed by atoms with Crippen molar-refractivity contribution in [1.29, 1.82) is 0 Å². The first kappa shape index (κ1) is 48.1. The van der Waals surface area contributed by atoms with Gasteiger partial charge in [-0.05, 0) is 66.7 Å². The van der Waals surface area contributed by atoms with Crippen molar-refractivity contribution in [2.75, 3.05) is 13.2 Å². The Morgan fingerprint density at radius 3 is 1.72 bits per heavy atom. The lowest BCUT2D eigenvalue weighted by atomic mass is 9.75. The third kappa shape index (κ3) is 12.7. The molecule has 0 spiro atoms. The van der Waals surface area contributed by atoms with E-state index in [1.54, 1.807) is 41.5 Å². The Hall–Kier alpha value is -2.56. The number of nitrogens with one attached hydrogen (secondary N) is 1. The summed E-state index contributed by atoms with van der Waals surface area (Å²) >= 11 is 0. The molecule has 4 aliphatic rings. The van der Waals surface area contributed by atoms with Crippen LogP contribution in [0.5, 0.6) is 0 Å². The zero-order valence-electron chi connectivity index (χ0n) is 34.4. The fourth-order valence-electron chi connectivity index (χ4n) is 8.09. The Kier molecular flexibility index (Phi) is 16.9. The number of rotatable bonds is 14. The van der Waals surface area contributed by atoms with Crippen molar-refractivity contribution in [1.82, 2.24) is 5.32 Å². The number of aliphatic carboxylic acids is 1. The van der Waals surface area contributed by atoms with Gasteiger partial charge in [-0.15, -0.1) is 0 Å². The van der Waals surface area contributed by atoms with Crippen LogP contribution in [-0.4, -0.2) is 164 Å². The molecule has 0 aromatic carbocycles. The number of carboxylic acid groups (broad SMARTS) is 1. The third-order valence-corrected chi connectivity index (χ3v) is 10.9. The van der Waals surface area contributed by atoms with Crippen LogP contribution in [0.15, 0.2) is 0 Å². The summed E-state index contributed by atoms with van der Waals surface area (Å²) in [5.41, 5.74) is -1.93. The summed E-state index contributed by atoms with van der Waals surface area (Å²) in [7, 11) is 0. The van der Waals surface area contributed by atoms with Crippen LogP contribution in [-0.2, 0) is 52.3 Å². The molecule has 4 fully saturated rings. The van der Waals surface area contributed by atoms with Gasteiger partial charge < -0.3 is 74.2 Å². The predicted molar refractivity (Wildman–Crippen MR) is 198 cm³/mol. The van der Waals surface area contributed by atoms with Crippen LogP contribution in [0, 0.1) is 17.8 Å². The second kappa shape index (κ2) is 20.3. The maximum absolute atomic E-state index is 13.9. The average molecular weight is 836 g/mol. The van der Waals surface area contributed by atoms with Gasteiger partial charge in [0.1, 0.15) is 60.0 Å². The zero-order valence-corrected chi connectivity index (χ0v) is 34.4. The number of aliphatic hydroxyl groups excluding tert-OH is 6. The fraction of sp³-hybridized carbons (Fsp3) is 0.897. The summed E-state index contributed by atoms with van der Waals surface area (Å²) in [5, 5.41) is 75.9. The van der Waals surface area contributed by atoms with Gasteiger partial charge in [0.15, 0.2) is 18.7 Å². The summed E-state index contributed by atoms with van der Waals surface area (Å²) < 4.78 is 41.8. The minimum Gasteiger partial charge on any atom is -0.479 e. The molecule has 334 valence electrons. The number of carbonyl (C=O) groups excluding carboxylic acids is 3. The van der Waals surface area contributed by atoms with E-state index >= 15 is 0 Å². The van der Waals surface area contributed by atoms with Crippen LogP contribution in [0.3, 0.4) is 0 Å². The highest BCUT2D eigenvalue weighted by molar-refractivity contribution is 5.83. The standard InChI is InChI=1S/C39H65NO18/c1-18(43)40-27-32(56-37-31(47)30(46)28(44)25(16-41)55-37)29(45)26(17-42)54-36(27)53-23-15-21(35(51)58-39(5,6)7)20(34(50)57-38(2,3)4)14-22(23)52-24(33(48)49)13-19-11-9-8-10-12-19/h19-32,36-37,41-42,44-47H,8-17H2,1-7H3,(H,40,43)(H,48,49)/t20-,21-,22+,23-,24+,25-,26-,27-,28-,29-,30-,31-,32+,36+,37-/m0/s1. The summed E-state index contributed by atoms with van der Waals surface area (Å²) in [6.45, 7) is 9.50. The average Bonchev–Trinajstić information content (AvgIpc) is 3.12. The number of aliphatic hydroxyl groups is 6. The second-order valence-electron chi connectivity index (χ2n) is 17.9. The lowest BCUT2D eigenvalue weighted by molar-refractivity contribution is -0.350. The number of esters is 2. The highest BCUT2D eigenvalue weighted by atomic mass is 16.7. The Bertz CT molecular complexity index is 1380. The van der Waals surface area contributed by atoms with Gasteiger partial charge in [0.25, 0.3) is 0 Å². The van der Waals surface area contributed by atoms with Crippen LogP contribution >= 0.6 is 0 Å². The molecule has 2 aliphatic carbocycles. The van der Waals surface area contributed by atoms with Gasteiger partial charge >= 0.3 is 17.9 Å². The third-order valence-electron chi connectivity index (χ3n) is 10.9. The Labute approximate surface area is 338 Å².